The molecule has 2 N–H and O–H groups in total. The van der Waals surface area contributed by atoms with Crippen LogP contribution in [0.1, 0.15) is 46.5 Å². The maximum Gasteiger partial charge on any atom is 0.0193 e. The predicted octanol–water partition coefficient (Wildman–Crippen LogP) is 2.09. The first-order valence-corrected chi connectivity index (χ1v) is 8.25. The molecule has 2 rings (SSSR count). The topological polar surface area (TPSA) is 27.3 Å². The molecule has 3 heteroatoms. The molecule has 1 heterocycles. The summed E-state index contributed by atoms with van der Waals surface area (Å²) in [4.78, 5) is 2.60. The average molecular weight is 267 g/mol. The molecular weight excluding hydrogens is 234 g/mol. The number of nitrogens with zero attached hydrogens (tertiary/aromatic N) is 1. The van der Waals surface area contributed by atoms with E-state index in [4.69, 9.17) is 0 Å². The third-order valence-electron chi connectivity index (χ3n) is 5.26. The van der Waals surface area contributed by atoms with Gasteiger partial charge in [0.15, 0.2) is 0 Å². The fourth-order valence-corrected chi connectivity index (χ4v) is 3.71. The van der Waals surface area contributed by atoms with Gasteiger partial charge in [0.1, 0.15) is 0 Å². The highest BCUT2D eigenvalue weighted by molar-refractivity contribution is 4.85. The van der Waals surface area contributed by atoms with Crippen LogP contribution in [-0.2, 0) is 0 Å². The standard InChI is InChI=1S/C16H33N3/c1-14(19-10-8-17-9-11-19)12-18-13-16(2,3)15-6-4-5-7-15/h14-15,17-18H,4-13H2,1-3H3. The van der Waals surface area contributed by atoms with E-state index < -0.39 is 0 Å². The minimum absolute atomic E-state index is 0.472. The molecule has 0 aromatic heterocycles. The van der Waals surface area contributed by atoms with E-state index >= 15 is 0 Å². The fourth-order valence-electron chi connectivity index (χ4n) is 3.71. The van der Waals surface area contributed by atoms with Gasteiger partial charge in [-0.1, -0.05) is 26.7 Å². The Morgan fingerprint density at radius 3 is 2.47 bits per heavy atom. The molecule has 1 unspecified atom stereocenters. The van der Waals surface area contributed by atoms with Crippen molar-refractivity contribution in [2.75, 3.05) is 39.3 Å². The van der Waals surface area contributed by atoms with E-state index in [-0.39, 0.29) is 0 Å². The summed E-state index contributed by atoms with van der Waals surface area (Å²) in [6.45, 7) is 14.3. The van der Waals surface area contributed by atoms with Gasteiger partial charge in [0.05, 0.1) is 0 Å². The smallest absolute Gasteiger partial charge is 0.0193 e. The predicted molar refractivity (Wildman–Crippen MR) is 82.5 cm³/mol. The van der Waals surface area contributed by atoms with E-state index in [9.17, 15) is 0 Å². The summed E-state index contributed by atoms with van der Waals surface area (Å²) in [7, 11) is 0. The van der Waals surface area contributed by atoms with E-state index in [2.05, 4.69) is 36.3 Å². The molecule has 1 aliphatic heterocycles. The van der Waals surface area contributed by atoms with Gasteiger partial charge in [0.25, 0.3) is 0 Å². The second-order valence-corrected chi connectivity index (χ2v) is 7.24. The van der Waals surface area contributed by atoms with Crippen LogP contribution in [0.2, 0.25) is 0 Å². The normalized spacial score (nSPS) is 24.8. The van der Waals surface area contributed by atoms with Gasteiger partial charge in [0.2, 0.25) is 0 Å². The Bertz CT molecular complexity index is 253. The van der Waals surface area contributed by atoms with Crippen LogP contribution in [0.15, 0.2) is 0 Å². The van der Waals surface area contributed by atoms with Crippen LogP contribution in [0.5, 0.6) is 0 Å². The first-order chi connectivity index (χ1) is 9.09. The number of piperazine rings is 1. The third kappa shape index (κ3) is 4.44. The first-order valence-electron chi connectivity index (χ1n) is 8.25. The second-order valence-electron chi connectivity index (χ2n) is 7.24. The van der Waals surface area contributed by atoms with Crippen molar-refractivity contribution < 1.29 is 0 Å². The Labute approximate surface area is 119 Å². The van der Waals surface area contributed by atoms with E-state index in [0.717, 1.165) is 25.6 Å². The molecule has 2 aliphatic rings. The quantitative estimate of drug-likeness (QED) is 0.771. The van der Waals surface area contributed by atoms with E-state index in [1.165, 1.54) is 45.3 Å². The van der Waals surface area contributed by atoms with Crippen LogP contribution in [-0.4, -0.2) is 50.2 Å². The molecule has 3 nitrogen and oxygen atoms in total. The van der Waals surface area contributed by atoms with Gasteiger partial charge < -0.3 is 10.6 Å². The van der Waals surface area contributed by atoms with Gasteiger partial charge in [-0.15, -0.1) is 0 Å². The van der Waals surface area contributed by atoms with E-state index in [1.54, 1.807) is 0 Å². The molecule has 0 aromatic carbocycles. The monoisotopic (exact) mass is 267 g/mol. The Morgan fingerprint density at radius 1 is 1.21 bits per heavy atom. The second kappa shape index (κ2) is 7.05. The van der Waals surface area contributed by atoms with Gasteiger partial charge >= 0.3 is 0 Å². The largest absolute Gasteiger partial charge is 0.315 e. The molecule has 0 aromatic rings. The van der Waals surface area contributed by atoms with Crippen LogP contribution >= 0.6 is 0 Å². The zero-order chi connectivity index (χ0) is 13.7. The first kappa shape index (κ1) is 15.3. The summed E-state index contributed by atoms with van der Waals surface area (Å²) in [6.07, 6.45) is 5.79. The van der Waals surface area contributed by atoms with Crippen LogP contribution in [0.3, 0.4) is 0 Å². The summed E-state index contributed by atoms with van der Waals surface area (Å²) in [5, 5.41) is 7.16. The Kier molecular flexibility index (Phi) is 5.67. The van der Waals surface area contributed by atoms with E-state index in [0.29, 0.717) is 11.5 Å². The Morgan fingerprint density at radius 2 is 1.84 bits per heavy atom. The molecule has 1 aliphatic carbocycles. The van der Waals surface area contributed by atoms with Crippen LogP contribution < -0.4 is 10.6 Å². The van der Waals surface area contributed by atoms with Crippen molar-refractivity contribution in [3.05, 3.63) is 0 Å². The van der Waals surface area contributed by atoms with Crippen LogP contribution in [0.4, 0.5) is 0 Å². The molecule has 2 fully saturated rings. The highest BCUT2D eigenvalue weighted by Gasteiger charge is 2.31. The van der Waals surface area contributed by atoms with Crippen molar-refractivity contribution in [1.29, 1.82) is 0 Å². The highest BCUT2D eigenvalue weighted by Crippen LogP contribution is 2.38. The molecular formula is C16H33N3. The highest BCUT2D eigenvalue weighted by atomic mass is 15.2. The molecule has 0 radical (unpaired) electrons. The van der Waals surface area contributed by atoms with Crippen molar-refractivity contribution in [3.63, 3.8) is 0 Å². The number of rotatable bonds is 6. The molecule has 112 valence electrons. The van der Waals surface area contributed by atoms with Gasteiger partial charge in [-0.2, -0.15) is 0 Å². The SMILES string of the molecule is CC(CNCC(C)(C)C1CCCC1)N1CCNCC1. The fraction of sp³-hybridized carbons (Fsp3) is 1.00. The summed E-state index contributed by atoms with van der Waals surface area (Å²) in [6, 6.07) is 0.668. The summed E-state index contributed by atoms with van der Waals surface area (Å²) in [5.74, 6) is 0.939. The zero-order valence-corrected chi connectivity index (χ0v) is 13.2. The lowest BCUT2D eigenvalue weighted by molar-refractivity contribution is 0.165. The molecule has 0 bridgehead atoms. The minimum atomic E-state index is 0.472. The van der Waals surface area contributed by atoms with Crippen molar-refractivity contribution in [2.45, 2.75) is 52.5 Å². The molecule has 0 amide bonds. The number of nitrogens with one attached hydrogen (secondary N) is 2. The molecule has 1 saturated heterocycles. The van der Waals surface area contributed by atoms with Gasteiger partial charge in [-0.3, -0.25) is 4.90 Å². The number of hydrogen-bond acceptors (Lipinski definition) is 3. The summed E-state index contributed by atoms with van der Waals surface area (Å²) in [5.41, 5.74) is 0.472. The lowest BCUT2D eigenvalue weighted by Crippen LogP contribution is -2.51. The van der Waals surface area contributed by atoms with Crippen LogP contribution in [0.25, 0.3) is 0 Å². The lowest BCUT2D eigenvalue weighted by atomic mass is 9.77. The maximum absolute atomic E-state index is 3.74. The Balaban J connectivity index is 1.67. The van der Waals surface area contributed by atoms with Crippen LogP contribution in [0, 0.1) is 11.3 Å². The van der Waals surface area contributed by atoms with Gasteiger partial charge in [-0.25, -0.2) is 0 Å². The summed E-state index contributed by atoms with van der Waals surface area (Å²) >= 11 is 0. The van der Waals surface area contributed by atoms with Crippen molar-refractivity contribution in [1.82, 2.24) is 15.5 Å². The third-order valence-corrected chi connectivity index (χ3v) is 5.26. The number of hydrogen-bond donors (Lipinski definition) is 2. The molecule has 1 atom stereocenters. The molecule has 1 saturated carbocycles. The van der Waals surface area contributed by atoms with E-state index in [1.807, 2.05) is 0 Å². The van der Waals surface area contributed by atoms with Crippen molar-refractivity contribution in [3.8, 4) is 0 Å². The zero-order valence-electron chi connectivity index (χ0n) is 13.2. The lowest BCUT2D eigenvalue weighted by Gasteiger charge is -2.35. The van der Waals surface area contributed by atoms with Gasteiger partial charge in [-0.05, 0) is 31.1 Å². The maximum atomic E-state index is 3.74. The molecule has 0 spiro atoms. The molecule has 19 heavy (non-hydrogen) atoms. The summed E-state index contributed by atoms with van der Waals surface area (Å²) < 4.78 is 0. The Hall–Kier alpha value is -0.120. The minimum Gasteiger partial charge on any atom is -0.315 e. The van der Waals surface area contributed by atoms with Crippen molar-refractivity contribution in [2.24, 2.45) is 11.3 Å². The van der Waals surface area contributed by atoms with Crippen molar-refractivity contribution >= 4 is 0 Å². The average Bonchev–Trinajstić information content (AvgIpc) is 2.94. The van der Waals surface area contributed by atoms with Gasteiger partial charge in [0, 0.05) is 45.3 Å².